The second kappa shape index (κ2) is 8.87. The molecule has 0 aromatic carbocycles. The molecule has 0 fully saturated rings. The number of hydrogen-bond acceptors (Lipinski definition) is 3. The van der Waals surface area contributed by atoms with Crippen LogP contribution >= 0.6 is 11.8 Å². The average Bonchev–Trinajstić information content (AvgIpc) is 2.02. The van der Waals surface area contributed by atoms with Gasteiger partial charge in [0.25, 0.3) is 0 Å². The second-order valence-corrected chi connectivity index (χ2v) is 3.58. The van der Waals surface area contributed by atoms with Gasteiger partial charge in [0.05, 0.1) is 6.42 Å². The van der Waals surface area contributed by atoms with Crippen LogP contribution in [-0.2, 0) is 4.79 Å². The van der Waals surface area contributed by atoms with Gasteiger partial charge in [0.2, 0.25) is 0 Å². The molecule has 0 bridgehead atoms. The lowest BCUT2D eigenvalue weighted by atomic mass is 10.3. The van der Waals surface area contributed by atoms with Crippen molar-refractivity contribution in [2.45, 2.75) is 19.3 Å². The molecule has 0 saturated carbocycles. The van der Waals surface area contributed by atoms with E-state index in [1.54, 1.807) is 0 Å². The molecule has 0 atom stereocenters. The third-order valence-corrected chi connectivity index (χ3v) is 2.16. The maximum absolute atomic E-state index is 10.1. The van der Waals surface area contributed by atoms with Gasteiger partial charge in [-0.2, -0.15) is 11.8 Å². The summed E-state index contributed by atoms with van der Waals surface area (Å²) in [4.78, 5) is 10.1. The van der Waals surface area contributed by atoms with Crippen LogP contribution in [0.25, 0.3) is 0 Å². The number of carbonyl (C=O) groups is 1. The molecule has 3 nitrogen and oxygen atoms in total. The lowest BCUT2D eigenvalue weighted by molar-refractivity contribution is -0.136. The molecule has 0 spiro atoms. The lowest BCUT2D eigenvalue weighted by Gasteiger charge is -2.01. The Morgan fingerprint density at radius 2 is 2.17 bits per heavy atom. The van der Waals surface area contributed by atoms with Crippen LogP contribution in [0.3, 0.4) is 0 Å². The first-order chi connectivity index (χ1) is 5.77. The van der Waals surface area contributed by atoms with Crippen molar-refractivity contribution in [1.82, 2.24) is 5.32 Å². The highest BCUT2D eigenvalue weighted by atomic mass is 32.2. The van der Waals surface area contributed by atoms with E-state index >= 15 is 0 Å². The molecule has 2 N–H and O–H groups in total. The van der Waals surface area contributed by atoms with E-state index in [0.29, 0.717) is 6.54 Å². The van der Waals surface area contributed by atoms with Gasteiger partial charge in [-0.3, -0.25) is 4.79 Å². The van der Waals surface area contributed by atoms with Gasteiger partial charge in [-0.1, -0.05) is 0 Å². The summed E-state index contributed by atoms with van der Waals surface area (Å²) in [6, 6.07) is 0. The second-order valence-electron chi connectivity index (χ2n) is 2.59. The molecule has 0 aliphatic rings. The molecule has 72 valence electrons. The van der Waals surface area contributed by atoms with Crippen LogP contribution in [0.15, 0.2) is 0 Å². The highest BCUT2D eigenvalue weighted by Gasteiger charge is 1.94. The predicted octanol–water partition coefficient (Wildman–Crippen LogP) is 1.19. The van der Waals surface area contributed by atoms with Crippen LogP contribution in [-0.4, -0.2) is 36.2 Å². The summed E-state index contributed by atoms with van der Waals surface area (Å²) in [6.07, 6.45) is 4.67. The van der Waals surface area contributed by atoms with Crippen LogP contribution < -0.4 is 5.32 Å². The van der Waals surface area contributed by atoms with E-state index in [4.69, 9.17) is 5.11 Å². The summed E-state index contributed by atoms with van der Waals surface area (Å²) in [7, 11) is 0. The van der Waals surface area contributed by atoms with Crippen molar-refractivity contribution >= 4 is 17.7 Å². The molecule has 0 amide bonds. The van der Waals surface area contributed by atoms with E-state index in [9.17, 15) is 4.79 Å². The molecule has 0 aromatic rings. The van der Waals surface area contributed by atoms with Crippen molar-refractivity contribution in [1.29, 1.82) is 0 Å². The molecule has 0 aliphatic heterocycles. The Labute approximate surface area is 77.9 Å². The first-order valence-electron chi connectivity index (χ1n) is 4.19. The van der Waals surface area contributed by atoms with Gasteiger partial charge in [0.1, 0.15) is 0 Å². The van der Waals surface area contributed by atoms with E-state index in [-0.39, 0.29) is 6.42 Å². The summed E-state index contributed by atoms with van der Waals surface area (Å²) >= 11 is 1.85. The van der Waals surface area contributed by atoms with Gasteiger partial charge in [-0.05, 0) is 31.4 Å². The van der Waals surface area contributed by atoms with Crippen LogP contribution in [0.2, 0.25) is 0 Å². The summed E-state index contributed by atoms with van der Waals surface area (Å²) in [5.41, 5.74) is 0. The predicted molar refractivity (Wildman–Crippen MR) is 52.7 cm³/mol. The van der Waals surface area contributed by atoms with Crippen molar-refractivity contribution in [2.24, 2.45) is 0 Å². The number of hydrogen-bond donors (Lipinski definition) is 2. The molecular formula is C8H17NO2S. The van der Waals surface area contributed by atoms with E-state index in [1.165, 1.54) is 12.2 Å². The van der Waals surface area contributed by atoms with E-state index < -0.39 is 5.97 Å². The quantitative estimate of drug-likeness (QED) is 0.566. The standard InChI is InChI=1S/C8H17NO2S/c1-12-7-3-2-5-9-6-4-8(10)11/h9H,2-7H2,1H3,(H,10,11). The number of nitrogens with one attached hydrogen (secondary N) is 1. The van der Waals surface area contributed by atoms with Crippen LogP contribution in [0.5, 0.6) is 0 Å². The zero-order valence-electron chi connectivity index (χ0n) is 7.51. The third kappa shape index (κ3) is 9.78. The minimum Gasteiger partial charge on any atom is -0.481 e. The number of unbranched alkanes of at least 4 members (excludes halogenated alkanes) is 1. The van der Waals surface area contributed by atoms with Crippen LogP contribution in [0, 0.1) is 0 Å². The minimum absolute atomic E-state index is 0.225. The van der Waals surface area contributed by atoms with Crippen molar-refractivity contribution in [3.05, 3.63) is 0 Å². The van der Waals surface area contributed by atoms with Crippen molar-refractivity contribution < 1.29 is 9.90 Å². The number of carboxylic acids is 1. The van der Waals surface area contributed by atoms with E-state index in [2.05, 4.69) is 11.6 Å². The van der Waals surface area contributed by atoms with Crippen LogP contribution in [0.4, 0.5) is 0 Å². The largest absolute Gasteiger partial charge is 0.481 e. The molecule has 0 heterocycles. The molecule has 0 unspecified atom stereocenters. The Balaban J connectivity index is 2.86. The number of thioether (sulfide) groups is 1. The number of aliphatic carboxylic acids is 1. The highest BCUT2D eigenvalue weighted by Crippen LogP contribution is 1.97. The van der Waals surface area contributed by atoms with Crippen molar-refractivity contribution in [3.8, 4) is 0 Å². The first kappa shape index (κ1) is 11.8. The molecule has 0 rings (SSSR count). The van der Waals surface area contributed by atoms with Gasteiger partial charge in [-0.15, -0.1) is 0 Å². The Morgan fingerprint density at radius 1 is 1.42 bits per heavy atom. The van der Waals surface area contributed by atoms with Gasteiger partial charge < -0.3 is 10.4 Å². The van der Waals surface area contributed by atoms with Crippen molar-refractivity contribution in [3.63, 3.8) is 0 Å². The smallest absolute Gasteiger partial charge is 0.304 e. The summed E-state index contributed by atoms with van der Waals surface area (Å²) < 4.78 is 0. The normalized spacial score (nSPS) is 10.1. The SMILES string of the molecule is CSCCCCNCCC(=O)O. The fraction of sp³-hybridized carbons (Fsp3) is 0.875. The molecule has 0 aliphatic carbocycles. The maximum Gasteiger partial charge on any atom is 0.304 e. The Hall–Kier alpha value is -0.220. The topological polar surface area (TPSA) is 49.3 Å². The molecule has 0 radical (unpaired) electrons. The monoisotopic (exact) mass is 191 g/mol. The Morgan fingerprint density at radius 3 is 2.75 bits per heavy atom. The molecule has 12 heavy (non-hydrogen) atoms. The zero-order chi connectivity index (χ0) is 9.23. The molecule has 0 saturated heterocycles. The molecular weight excluding hydrogens is 174 g/mol. The van der Waals surface area contributed by atoms with Crippen molar-refractivity contribution in [2.75, 3.05) is 25.1 Å². The summed E-state index contributed by atoms with van der Waals surface area (Å²) in [5.74, 6) is 0.465. The van der Waals surface area contributed by atoms with E-state index in [0.717, 1.165) is 13.0 Å². The Bertz CT molecular complexity index is 120. The van der Waals surface area contributed by atoms with E-state index in [1.807, 2.05) is 11.8 Å². The molecule has 0 aromatic heterocycles. The Kier molecular flexibility index (Phi) is 8.71. The number of rotatable bonds is 8. The zero-order valence-corrected chi connectivity index (χ0v) is 8.32. The average molecular weight is 191 g/mol. The number of carboxylic acid groups (broad SMARTS) is 1. The van der Waals surface area contributed by atoms with Gasteiger partial charge in [-0.25, -0.2) is 0 Å². The first-order valence-corrected chi connectivity index (χ1v) is 5.58. The summed E-state index contributed by atoms with van der Waals surface area (Å²) in [6.45, 7) is 1.53. The van der Waals surface area contributed by atoms with Gasteiger partial charge in [0.15, 0.2) is 0 Å². The fourth-order valence-corrected chi connectivity index (χ4v) is 1.31. The van der Waals surface area contributed by atoms with Gasteiger partial charge >= 0.3 is 5.97 Å². The minimum atomic E-state index is -0.730. The maximum atomic E-state index is 10.1. The lowest BCUT2D eigenvalue weighted by Crippen LogP contribution is -2.19. The van der Waals surface area contributed by atoms with Crippen LogP contribution in [0.1, 0.15) is 19.3 Å². The molecule has 4 heteroatoms. The highest BCUT2D eigenvalue weighted by molar-refractivity contribution is 7.98. The fourth-order valence-electron chi connectivity index (χ4n) is 0.817. The van der Waals surface area contributed by atoms with Gasteiger partial charge in [0, 0.05) is 6.54 Å². The summed E-state index contributed by atoms with van der Waals surface area (Å²) in [5, 5.41) is 11.4. The third-order valence-electron chi connectivity index (χ3n) is 1.47.